The van der Waals surface area contributed by atoms with Gasteiger partial charge >= 0.3 is 0 Å². The molecular formula is C18H16BrFN4. The molecule has 0 saturated heterocycles. The third-order valence-electron chi connectivity index (χ3n) is 4.01. The molecule has 1 unspecified atom stereocenters. The van der Waals surface area contributed by atoms with E-state index >= 15 is 0 Å². The van der Waals surface area contributed by atoms with Crippen LogP contribution in [0.5, 0.6) is 0 Å². The Bertz CT molecular complexity index is 922. The van der Waals surface area contributed by atoms with Crippen LogP contribution < -0.4 is 5.32 Å². The van der Waals surface area contributed by atoms with Gasteiger partial charge in [-0.2, -0.15) is 5.26 Å². The Morgan fingerprint density at radius 2 is 2.17 bits per heavy atom. The fourth-order valence-corrected chi connectivity index (χ4v) is 3.32. The van der Waals surface area contributed by atoms with Gasteiger partial charge < -0.3 is 9.88 Å². The number of aryl methyl sites for hydroxylation is 1. The van der Waals surface area contributed by atoms with Gasteiger partial charge in [0.15, 0.2) is 0 Å². The second kappa shape index (κ2) is 6.62. The highest BCUT2D eigenvalue weighted by molar-refractivity contribution is 9.10. The second-order valence-corrected chi connectivity index (χ2v) is 6.50. The summed E-state index contributed by atoms with van der Waals surface area (Å²) < 4.78 is 16.3. The summed E-state index contributed by atoms with van der Waals surface area (Å²) >= 11 is 3.33. The number of nitrogens with zero attached hydrogens (tertiary/aromatic N) is 3. The highest BCUT2D eigenvalue weighted by Crippen LogP contribution is 2.28. The highest BCUT2D eigenvalue weighted by Gasteiger charge is 2.16. The molecule has 0 spiro atoms. The van der Waals surface area contributed by atoms with E-state index in [9.17, 15) is 9.65 Å². The Morgan fingerprint density at radius 3 is 2.83 bits per heavy atom. The molecule has 1 atom stereocenters. The maximum absolute atomic E-state index is 13.7. The predicted molar refractivity (Wildman–Crippen MR) is 96.2 cm³/mol. The number of nitrogens with one attached hydrogen (secondary N) is 1. The Morgan fingerprint density at radius 1 is 1.38 bits per heavy atom. The molecule has 1 heterocycles. The van der Waals surface area contributed by atoms with Crippen molar-refractivity contribution in [2.75, 3.05) is 5.32 Å². The van der Waals surface area contributed by atoms with Gasteiger partial charge in [-0.1, -0.05) is 28.9 Å². The lowest BCUT2D eigenvalue weighted by atomic mass is 10.0. The van der Waals surface area contributed by atoms with Crippen LogP contribution in [-0.4, -0.2) is 9.55 Å². The third-order valence-corrected chi connectivity index (χ3v) is 4.47. The molecule has 0 bridgehead atoms. The standard InChI is InChI=1S/C18H16BrFN4/c1-3-15(12-7-13(19)9-14(20)8-12)22-18-23-16-6-4-5-11(10-21)17(16)24(18)2/h4-9,15H,3H2,1-2H3,(H,22,23). The predicted octanol–water partition coefficient (Wildman–Crippen LogP) is 4.91. The van der Waals surface area contributed by atoms with Crippen molar-refractivity contribution in [3.05, 3.63) is 57.8 Å². The van der Waals surface area contributed by atoms with Crippen molar-refractivity contribution in [1.82, 2.24) is 9.55 Å². The summed E-state index contributed by atoms with van der Waals surface area (Å²) in [6.07, 6.45) is 0.768. The maximum Gasteiger partial charge on any atom is 0.204 e. The van der Waals surface area contributed by atoms with E-state index in [0.29, 0.717) is 16.0 Å². The van der Waals surface area contributed by atoms with Crippen molar-refractivity contribution in [2.24, 2.45) is 7.05 Å². The molecule has 0 aliphatic carbocycles. The number of para-hydroxylation sites is 1. The summed E-state index contributed by atoms with van der Waals surface area (Å²) in [6.45, 7) is 2.03. The highest BCUT2D eigenvalue weighted by atomic mass is 79.9. The number of nitriles is 1. The number of hydrogen-bond acceptors (Lipinski definition) is 3. The Balaban J connectivity index is 2.02. The van der Waals surface area contributed by atoms with Crippen LogP contribution in [0.2, 0.25) is 0 Å². The summed E-state index contributed by atoms with van der Waals surface area (Å²) in [7, 11) is 1.87. The van der Waals surface area contributed by atoms with Gasteiger partial charge in [-0.3, -0.25) is 0 Å². The molecule has 0 fully saturated rings. The zero-order valence-corrected chi connectivity index (χ0v) is 14.9. The van der Waals surface area contributed by atoms with E-state index in [4.69, 9.17) is 0 Å². The summed E-state index contributed by atoms with van der Waals surface area (Å²) in [5, 5.41) is 12.6. The fraction of sp³-hybridized carbons (Fsp3) is 0.222. The number of hydrogen-bond donors (Lipinski definition) is 1. The van der Waals surface area contributed by atoms with Crippen molar-refractivity contribution in [3.8, 4) is 6.07 Å². The molecular weight excluding hydrogens is 371 g/mol. The lowest BCUT2D eigenvalue weighted by Gasteiger charge is -2.18. The fourth-order valence-electron chi connectivity index (χ4n) is 2.84. The molecule has 0 saturated carbocycles. The molecule has 0 radical (unpaired) electrons. The maximum atomic E-state index is 13.7. The summed E-state index contributed by atoms with van der Waals surface area (Å²) in [5.74, 6) is 0.372. The van der Waals surface area contributed by atoms with Crippen LogP contribution >= 0.6 is 15.9 Å². The van der Waals surface area contributed by atoms with Crippen LogP contribution in [0.1, 0.15) is 30.5 Å². The smallest absolute Gasteiger partial charge is 0.204 e. The van der Waals surface area contributed by atoms with Gasteiger partial charge in [0.2, 0.25) is 5.95 Å². The van der Waals surface area contributed by atoms with Crippen molar-refractivity contribution in [3.63, 3.8) is 0 Å². The SMILES string of the molecule is CCC(Nc1nc2cccc(C#N)c2n1C)c1cc(F)cc(Br)c1. The normalized spacial score (nSPS) is 12.1. The van der Waals surface area contributed by atoms with Gasteiger partial charge in [0.25, 0.3) is 0 Å². The zero-order valence-electron chi connectivity index (χ0n) is 13.3. The monoisotopic (exact) mass is 386 g/mol. The first-order valence-electron chi connectivity index (χ1n) is 7.61. The van der Waals surface area contributed by atoms with E-state index in [-0.39, 0.29) is 11.9 Å². The van der Waals surface area contributed by atoms with Gasteiger partial charge in [0.1, 0.15) is 11.9 Å². The molecule has 122 valence electrons. The van der Waals surface area contributed by atoms with E-state index in [1.54, 1.807) is 6.07 Å². The van der Waals surface area contributed by atoms with E-state index in [2.05, 4.69) is 32.3 Å². The lowest BCUT2D eigenvalue weighted by Crippen LogP contribution is -2.13. The van der Waals surface area contributed by atoms with Crippen LogP contribution in [0.25, 0.3) is 11.0 Å². The number of fused-ring (bicyclic) bond motifs is 1. The second-order valence-electron chi connectivity index (χ2n) is 5.59. The number of rotatable bonds is 4. The molecule has 6 heteroatoms. The Kier molecular flexibility index (Phi) is 4.54. The van der Waals surface area contributed by atoms with Crippen LogP contribution in [0, 0.1) is 17.1 Å². The summed E-state index contributed by atoms with van der Waals surface area (Å²) in [5.41, 5.74) is 2.97. The van der Waals surface area contributed by atoms with E-state index in [1.807, 2.05) is 36.7 Å². The zero-order chi connectivity index (χ0) is 17.3. The first-order valence-corrected chi connectivity index (χ1v) is 8.40. The van der Waals surface area contributed by atoms with Crippen molar-refractivity contribution < 1.29 is 4.39 Å². The Hall–Kier alpha value is -2.39. The van der Waals surface area contributed by atoms with Gasteiger partial charge in [0.05, 0.1) is 22.6 Å². The molecule has 0 aliphatic rings. The number of halogens is 2. The van der Waals surface area contributed by atoms with E-state index in [0.717, 1.165) is 23.0 Å². The van der Waals surface area contributed by atoms with Crippen molar-refractivity contribution >= 4 is 32.9 Å². The first kappa shape index (κ1) is 16.5. The Labute approximate surface area is 148 Å². The molecule has 2 aromatic carbocycles. The molecule has 4 nitrogen and oxygen atoms in total. The summed E-state index contributed by atoms with van der Waals surface area (Å²) in [6, 6.07) is 12.4. The molecule has 3 rings (SSSR count). The number of benzene rings is 2. The van der Waals surface area contributed by atoms with Crippen LogP contribution in [-0.2, 0) is 7.05 Å². The quantitative estimate of drug-likeness (QED) is 0.692. The van der Waals surface area contributed by atoms with E-state index in [1.165, 1.54) is 12.1 Å². The summed E-state index contributed by atoms with van der Waals surface area (Å²) in [4.78, 5) is 4.57. The van der Waals surface area contributed by atoms with Crippen molar-refractivity contribution in [2.45, 2.75) is 19.4 Å². The average Bonchev–Trinajstić information content (AvgIpc) is 2.87. The van der Waals surface area contributed by atoms with Gasteiger partial charge in [-0.15, -0.1) is 0 Å². The average molecular weight is 387 g/mol. The number of anilines is 1. The van der Waals surface area contributed by atoms with Crippen LogP contribution in [0.15, 0.2) is 40.9 Å². The third kappa shape index (κ3) is 3.00. The number of aromatic nitrogens is 2. The van der Waals surface area contributed by atoms with Gasteiger partial charge in [-0.25, -0.2) is 9.37 Å². The van der Waals surface area contributed by atoms with Crippen LogP contribution in [0.4, 0.5) is 10.3 Å². The molecule has 24 heavy (non-hydrogen) atoms. The minimum atomic E-state index is -0.281. The largest absolute Gasteiger partial charge is 0.349 e. The molecule has 0 amide bonds. The topological polar surface area (TPSA) is 53.6 Å². The molecule has 1 aromatic heterocycles. The lowest BCUT2D eigenvalue weighted by molar-refractivity contribution is 0.619. The van der Waals surface area contributed by atoms with Crippen molar-refractivity contribution in [1.29, 1.82) is 5.26 Å². The van der Waals surface area contributed by atoms with E-state index < -0.39 is 0 Å². The molecule has 1 N–H and O–H groups in total. The minimum Gasteiger partial charge on any atom is -0.349 e. The molecule has 0 aliphatic heterocycles. The van der Waals surface area contributed by atoms with Gasteiger partial charge in [0, 0.05) is 11.5 Å². The first-order chi connectivity index (χ1) is 11.5. The van der Waals surface area contributed by atoms with Crippen LogP contribution in [0.3, 0.4) is 0 Å². The minimum absolute atomic E-state index is 0.0851. The molecule has 3 aromatic rings. The number of imidazole rings is 1. The van der Waals surface area contributed by atoms with Gasteiger partial charge in [-0.05, 0) is 42.3 Å².